The molecule has 2 atom stereocenters. The maximum Gasteiger partial charge on any atom is 0.317 e. The molecule has 0 radical (unpaired) electrons. The molecule has 2 heterocycles. The molecule has 0 amide bonds. The summed E-state index contributed by atoms with van der Waals surface area (Å²) in [5, 5.41) is 18.4. The van der Waals surface area contributed by atoms with E-state index in [9.17, 15) is 9.90 Å². The van der Waals surface area contributed by atoms with Crippen molar-refractivity contribution in [3.63, 3.8) is 0 Å². The minimum Gasteiger partial charge on any atom is -0.480 e. The monoisotopic (exact) mass is 211 g/mol. The number of likely N-dealkylation sites (tertiary alicyclic amines) is 1. The maximum absolute atomic E-state index is 10.5. The Hall–Kier alpha value is -1.40. The Morgan fingerprint density at radius 1 is 1.53 bits per heavy atom. The van der Waals surface area contributed by atoms with E-state index in [-0.39, 0.29) is 12.6 Å². The summed E-state index contributed by atoms with van der Waals surface area (Å²) in [6.45, 7) is 0.918. The highest BCUT2D eigenvalue weighted by Crippen LogP contribution is 2.21. The Morgan fingerprint density at radius 2 is 2.33 bits per heavy atom. The number of carboxylic acids is 1. The van der Waals surface area contributed by atoms with E-state index < -0.39 is 12.1 Å². The van der Waals surface area contributed by atoms with Crippen LogP contribution in [0.15, 0.2) is 18.7 Å². The van der Waals surface area contributed by atoms with Crippen LogP contribution in [0.25, 0.3) is 0 Å². The fourth-order valence-corrected chi connectivity index (χ4v) is 1.93. The lowest BCUT2D eigenvalue weighted by molar-refractivity contribution is -0.138. The van der Waals surface area contributed by atoms with Crippen LogP contribution in [0, 0.1) is 0 Å². The van der Waals surface area contributed by atoms with Crippen molar-refractivity contribution in [3.8, 4) is 0 Å². The van der Waals surface area contributed by atoms with Gasteiger partial charge in [0.1, 0.15) is 0 Å². The molecule has 6 heteroatoms. The summed E-state index contributed by atoms with van der Waals surface area (Å²) in [7, 11) is 0. The third kappa shape index (κ3) is 2.16. The van der Waals surface area contributed by atoms with Crippen LogP contribution >= 0.6 is 0 Å². The molecule has 2 rings (SSSR count). The van der Waals surface area contributed by atoms with E-state index in [4.69, 9.17) is 5.11 Å². The highest BCUT2D eigenvalue weighted by atomic mass is 16.4. The minimum atomic E-state index is -0.867. The number of hydrogen-bond donors (Lipinski definition) is 2. The van der Waals surface area contributed by atoms with E-state index in [1.54, 1.807) is 23.6 Å². The Bertz CT molecular complexity index is 338. The zero-order valence-corrected chi connectivity index (χ0v) is 8.15. The van der Waals surface area contributed by atoms with Gasteiger partial charge in [-0.15, -0.1) is 0 Å². The topological polar surface area (TPSA) is 78.6 Å². The van der Waals surface area contributed by atoms with Crippen LogP contribution in [0.3, 0.4) is 0 Å². The maximum atomic E-state index is 10.5. The van der Waals surface area contributed by atoms with E-state index in [0.29, 0.717) is 13.1 Å². The number of imidazole rings is 1. The number of hydrogen-bond acceptors (Lipinski definition) is 4. The number of aromatic nitrogens is 2. The number of aliphatic hydroxyl groups is 1. The first-order valence-electron chi connectivity index (χ1n) is 4.76. The first-order chi connectivity index (χ1) is 7.16. The van der Waals surface area contributed by atoms with Gasteiger partial charge in [0.15, 0.2) is 0 Å². The predicted octanol–water partition coefficient (Wildman–Crippen LogP) is -0.815. The highest BCUT2D eigenvalue weighted by molar-refractivity contribution is 5.69. The molecule has 1 fully saturated rings. The summed E-state index contributed by atoms with van der Waals surface area (Å²) in [5.74, 6) is -0.867. The van der Waals surface area contributed by atoms with E-state index >= 15 is 0 Å². The van der Waals surface area contributed by atoms with Crippen LogP contribution in [0.2, 0.25) is 0 Å². The molecule has 0 bridgehead atoms. The quantitative estimate of drug-likeness (QED) is 0.683. The van der Waals surface area contributed by atoms with Gasteiger partial charge in [-0.2, -0.15) is 0 Å². The molecular weight excluding hydrogens is 198 g/mol. The summed E-state index contributed by atoms with van der Waals surface area (Å²) in [5.41, 5.74) is 0. The van der Waals surface area contributed by atoms with E-state index in [1.807, 2.05) is 4.57 Å². The van der Waals surface area contributed by atoms with E-state index in [1.165, 1.54) is 0 Å². The Morgan fingerprint density at radius 3 is 2.93 bits per heavy atom. The molecule has 1 aromatic rings. The van der Waals surface area contributed by atoms with E-state index in [2.05, 4.69) is 4.98 Å². The lowest BCUT2D eigenvalue weighted by Gasteiger charge is -2.14. The van der Waals surface area contributed by atoms with Crippen molar-refractivity contribution < 1.29 is 15.0 Å². The summed E-state index contributed by atoms with van der Waals surface area (Å²) in [6, 6.07) is -0.0909. The molecule has 1 aliphatic rings. The van der Waals surface area contributed by atoms with Crippen molar-refractivity contribution in [1.29, 1.82) is 0 Å². The van der Waals surface area contributed by atoms with Gasteiger partial charge in [0.05, 0.1) is 25.0 Å². The summed E-state index contributed by atoms with van der Waals surface area (Å²) >= 11 is 0. The molecule has 6 nitrogen and oxygen atoms in total. The van der Waals surface area contributed by atoms with Crippen LogP contribution in [-0.2, 0) is 4.79 Å². The Labute approximate surface area is 86.8 Å². The van der Waals surface area contributed by atoms with Gasteiger partial charge in [-0.1, -0.05) is 0 Å². The lowest BCUT2D eigenvalue weighted by atomic mass is 10.2. The zero-order chi connectivity index (χ0) is 10.8. The molecule has 2 N–H and O–H groups in total. The van der Waals surface area contributed by atoms with Gasteiger partial charge in [0.25, 0.3) is 0 Å². The molecule has 0 saturated carbocycles. The Balaban J connectivity index is 2.01. The van der Waals surface area contributed by atoms with Gasteiger partial charge in [-0.25, -0.2) is 4.98 Å². The molecule has 0 unspecified atom stereocenters. The molecule has 0 spiro atoms. The largest absolute Gasteiger partial charge is 0.480 e. The fourth-order valence-electron chi connectivity index (χ4n) is 1.93. The first-order valence-corrected chi connectivity index (χ1v) is 4.76. The van der Waals surface area contributed by atoms with Crippen molar-refractivity contribution in [2.45, 2.75) is 12.1 Å². The van der Waals surface area contributed by atoms with Gasteiger partial charge in [0, 0.05) is 25.5 Å². The van der Waals surface area contributed by atoms with Crippen LogP contribution < -0.4 is 0 Å². The van der Waals surface area contributed by atoms with Crippen molar-refractivity contribution in [3.05, 3.63) is 18.7 Å². The molecule has 82 valence electrons. The van der Waals surface area contributed by atoms with Crippen LogP contribution in [0.5, 0.6) is 0 Å². The van der Waals surface area contributed by atoms with Crippen molar-refractivity contribution in [1.82, 2.24) is 14.5 Å². The second kappa shape index (κ2) is 4.00. The van der Waals surface area contributed by atoms with Gasteiger partial charge in [-0.05, 0) is 0 Å². The highest BCUT2D eigenvalue weighted by Gasteiger charge is 2.32. The van der Waals surface area contributed by atoms with Crippen molar-refractivity contribution in [2.24, 2.45) is 0 Å². The first kappa shape index (κ1) is 10.1. The number of aliphatic carboxylic acids is 1. The van der Waals surface area contributed by atoms with Crippen molar-refractivity contribution in [2.75, 3.05) is 19.6 Å². The predicted molar refractivity (Wildman–Crippen MR) is 51.3 cm³/mol. The van der Waals surface area contributed by atoms with Crippen LogP contribution in [0.4, 0.5) is 0 Å². The van der Waals surface area contributed by atoms with Crippen LogP contribution in [-0.4, -0.2) is 56.4 Å². The lowest BCUT2D eigenvalue weighted by Crippen LogP contribution is -2.28. The van der Waals surface area contributed by atoms with Gasteiger partial charge in [0.2, 0.25) is 0 Å². The summed E-state index contributed by atoms with van der Waals surface area (Å²) < 4.78 is 1.81. The molecule has 15 heavy (non-hydrogen) atoms. The molecule has 0 aliphatic carbocycles. The standard InChI is InChI=1S/C9H13N3O3/c13-8-4-11(5-9(14)15)3-7(8)12-2-1-10-6-12/h1-2,6-8,13H,3-5H2,(H,14,15)/t7-,8+/m0/s1. The van der Waals surface area contributed by atoms with Gasteiger partial charge in [-0.3, -0.25) is 9.69 Å². The third-order valence-electron chi connectivity index (χ3n) is 2.60. The number of carboxylic acid groups (broad SMARTS) is 1. The SMILES string of the molecule is O=C(O)CN1C[C@@H](O)[C@@H](n2ccnc2)C1. The zero-order valence-electron chi connectivity index (χ0n) is 8.15. The number of nitrogens with zero attached hydrogens (tertiary/aromatic N) is 3. The average molecular weight is 211 g/mol. The molecule has 1 aromatic heterocycles. The number of carbonyl (C=O) groups is 1. The Kier molecular flexibility index (Phi) is 2.70. The molecular formula is C9H13N3O3. The number of β-amino-alcohol motifs (C(OH)–C–C–N with tert-alkyl or cyclic N) is 1. The minimum absolute atomic E-state index is 0.0255. The van der Waals surface area contributed by atoms with Crippen molar-refractivity contribution >= 4 is 5.97 Å². The summed E-state index contributed by atoms with van der Waals surface area (Å²) in [4.78, 5) is 16.1. The van der Waals surface area contributed by atoms with Gasteiger partial charge < -0.3 is 14.8 Å². The number of aliphatic hydroxyl groups excluding tert-OH is 1. The van der Waals surface area contributed by atoms with E-state index in [0.717, 1.165) is 0 Å². The second-order valence-corrected chi connectivity index (χ2v) is 3.73. The smallest absolute Gasteiger partial charge is 0.317 e. The molecule has 1 aliphatic heterocycles. The average Bonchev–Trinajstić information content (AvgIpc) is 2.72. The fraction of sp³-hybridized carbons (Fsp3) is 0.556. The second-order valence-electron chi connectivity index (χ2n) is 3.73. The normalized spacial score (nSPS) is 27.0. The molecule has 1 saturated heterocycles. The summed E-state index contributed by atoms with van der Waals surface area (Å²) in [6.07, 6.45) is 4.53. The number of rotatable bonds is 3. The van der Waals surface area contributed by atoms with Gasteiger partial charge >= 0.3 is 5.97 Å². The third-order valence-corrected chi connectivity index (χ3v) is 2.60. The van der Waals surface area contributed by atoms with Crippen LogP contribution in [0.1, 0.15) is 6.04 Å². The molecule has 0 aromatic carbocycles.